The lowest BCUT2D eigenvalue weighted by atomic mass is 10.1. The van der Waals surface area contributed by atoms with Crippen molar-refractivity contribution in [1.82, 2.24) is 14.3 Å². The van der Waals surface area contributed by atoms with Crippen LogP contribution in [0.2, 0.25) is 5.02 Å². The average molecular weight is 396 g/mol. The minimum atomic E-state index is -3.62. The van der Waals surface area contributed by atoms with E-state index in [2.05, 4.69) is 9.97 Å². The molecule has 2 heterocycles. The molecule has 2 aromatic rings. The number of hydrogen-bond acceptors (Lipinski definition) is 5. The van der Waals surface area contributed by atoms with E-state index in [1.54, 1.807) is 32.0 Å². The molecule has 1 unspecified atom stereocenters. The Balaban J connectivity index is 1.80. The van der Waals surface area contributed by atoms with Crippen molar-refractivity contribution in [2.45, 2.75) is 44.6 Å². The van der Waals surface area contributed by atoms with Crippen LogP contribution in [-0.4, -0.2) is 41.9 Å². The van der Waals surface area contributed by atoms with E-state index in [0.717, 1.165) is 18.5 Å². The molecule has 1 aromatic heterocycles. The monoisotopic (exact) mass is 395 g/mol. The minimum Gasteiger partial charge on any atom is -0.473 e. The van der Waals surface area contributed by atoms with E-state index >= 15 is 0 Å². The maximum absolute atomic E-state index is 13.1. The second kappa shape index (κ2) is 7.50. The molecule has 1 aliphatic heterocycles. The molecule has 1 saturated heterocycles. The Morgan fingerprint density at radius 3 is 2.69 bits per heavy atom. The zero-order chi connectivity index (χ0) is 18.9. The van der Waals surface area contributed by atoms with Crippen molar-refractivity contribution in [3.8, 4) is 5.88 Å². The van der Waals surface area contributed by atoms with Gasteiger partial charge in [-0.2, -0.15) is 9.29 Å². The normalized spacial score (nSPS) is 18.7. The van der Waals surface area contributed by atoms with Gasteiger partial charge in [0.05, 0.1) is 11.4 Å². The summed E-state index contributed by atoms with van der Waals surface area (Å²) in [6.45, 7) is 6.21. The van der Waals surface area contributed by atoms with Gasteiger partial charge in [-0.05, 0) is 51.3 Å². The van der Waals surface area contributed by atoms with E-state index in [0.29, 0.717) is 28.8 Å². The number of hydrogen-bond donors (Lipinski definition) is 0. The largest absolute Gasteiger partial charge is 0.473 e. The smallest absolute Gasteiger partial charge is 0.243 e. The summed E-state index contributed by atoms with van der Waals surface area (Å²) in [6.07, 6.45) is 1.27. The molecule has 3 rings (SSSR count). The van der Waals surface area contributed by atoms with Gasteiger partial charge in [-0.25, -0.2) is 13.4 Å². The molecule has 1 aromatic carbocycles. The van der Waals surface area contributed by atoms with Gasteiger partial charge in [-0.1, -0.05) is 17.7 Å². The van der Waals surface area contributed by atoms with Gasteiger partial charge in [0.1, 0.15) is 11.9 Å². The Labute approximate surface area is 159 Å². The summed E-state index contributed by atoms with van der Waals surface area (Å²) in [4.78, 5) is 8.76. The van der Waals surface area contributed by atoms with Crippen LogP contribution in [0.1, 0.15) is 29.9 Å². The minimum absolute atomic E-state index is 0.244. The molecule has 140 valence electrons. The van der Waals surface area contributed by atoms with E-state index < -0.39 is 10.0 Å². The number of sulfonamides is 1. The number of rotatable bonds is 4. The Hall–Kier alpha value is -1.70. The summed E-state index contributed by atoms with van der Waals surface area (Å²) < 4.78 is 33.5. The Bertz CT molecular complexity index is 898. The maximum atomic E-state index is 13.1. The second-order valence-electron chi connectivity index (χ2n) is 6.55. The predicted molar refractivity (Wildman–Crippen MR) is 100 cm³/mol. The zero-order valence-electron chi connectivity index (χ0n) is 15.1. The Morgan fingerprint density at radius 1 is 1.19 bits per heavy atom. The first kappa shape index (κ1) is 19.1. The van der Waals surface area contributed by atoms with Crippen LogP contribution < -0.4 is 4.74 Å². The van der Waals surface area contributed by atoms with Gasteiger partial charge in [0.15, 0.2) is 0 Å². The van der Waals surface area contributed by atoms with Crippen LogP contribution in [0, 0.1) is 20.8 Å². The summed E-state index contributed by atoms with van der Waals surface area (Å²) in [7, 11) is -3.62. The fourth-order valence-corrected chi connectivity index (χ4v) is 5.12. The Kier molecular flexibility index (Phi) is 5.50. The Morgan fingerprint density at radius 2 is 1.96 bits per heavy atom. The van der Waals surface area contributed by atoms with Crippen LogP contribution >= 0.6 is 11.6 Å². The molecular weight excluding hydrogens is 374 g/mol. The molecule has 0 aliphatic carbocycles. The molecule has 0 saturated carbocycles. The third-order valence-corrected chi connectivity index (χ3v) is 6.58. The van der Waals surface area contributed by atoms with Crippen molar-refractivity contribution in [1.29, 1.82) is 0 Å². The molecule has 6 nitrogen and oxygen atoms in total. The average Bonchev–Trinajstić information content (AvgIpc) is 2.56. The van der Waals surface area contributed by atoms with Gasteiger partial charge >= 0.3 is 0 Å². The number of nitrogens with zero attached hydrogens (tertiary/aromatic N) is 3. The van der Waals surface area contributed by atoms with Crippen LogP contribution in [0.3, 0.4) is 0 Å². The van der Waals surface area contributed by atoms with Crippen molar-refractivity contribution in [3.63, 3.8) is 0 Å². The van der Waals surface area contributed by atoms with Crippen molar-refractivity contribution in [2.75, 3.05) is 13.1 Å². The van der Waals surface area contributed by atoms with E-state index in [4.69, 9.17) is 16.3 Å². The van der Waals surface area contributed by atoms with Gasteiger partial charge in [-0.3, -0.25) is 0 Å². The van der Waals surface area contributed by atoms with E-state index in [9.17, 15) is 8.42 Å². The summed E-state index contributed by atoms with van der Waals surface area (Å²) >= 11 is 6.01. The zero-order valence-corrected chi connectivity index (χ0v) is 16.6. The molecule has 1 fully saturated rings. The van der Waals surface area contributed by atoms with Crippen molar-refractivity contribution in [3.05, 3.63) is 46.4 Å². The number of ether oxygens (including phenoxy) is 1. The van der Waals surface area contributed by atoms with Gasteiger partial charge in [0, 0.05) is 23.3 Å². The third-order valence-electron chi connectivity index (χ3n) is 4.34. The molecule has 1 atom stereocenters. The molecule has 8 heteroatoms. The van der Waals surface area contributed by atoms with Gasteiger partial charge in [0.25, 0.3) is 0 Å². The first-order chi connectivity index (χ1) is 12.3. The van der Waals surface area contributed by atoms with E-state index in [-0.39, 0.29) is 17.5 Å². The molecule has 26 heavy (non-hydrogen) atoms. The van der Waals surface area contributed by atoms with Gasteiger partial charge in [-0.15, -0.1) is 0 Å². The number of halogens is 1. The molecule has 0 N–H and O–H groups in total. The highest BCUT2D eigenvalue weighted by Crippen LogP contribution is 2.27. The summed E-state index contributed by atoms with van der Waals surface area (Å²) in [5, 5.41) is 0.408. The second-order valence-corrected chi connectivity index (χ2v) is 8.89. The van der Waals surface area contributed by atoms with E-state index in [1.165, 1.54) is 10.4 Å². The molecule has 0 radical (unpaired) electrons. The van der Waals surface area contributed by atoms with Crippen molar-refractivity contribution >= 4 is 21.6 Å². The topological polar surface area (TPSA) is 72.4 Å². The lowest BCUT2D eigenvalue weighted by Crippen LogP contribution is -2.44. The SMILES string of the molecule is Cc1cc(OC2CCCN(S(=O)(=O)c3cc(Cl)ccc3C)C2)nc(C)n1. The maximum Gasteiger partial charge on any atom is 0.243 e. The van der Waals surface area contributed by atoms with Crippen LogP contribution in [0.5, 0.6) is 5.88 Å². The number of aryl methyl sites for hydroxylation is 3. The first-order valence-electron chi connectivity index (χ1n) is 8.51. The molecule has 0 spiro atoms. The highest BCUT2D eigenvalue weighted by molar-refractivity contribution is 7.89. The van der Waals surface area contributed by atoms with Crippen LogP contribution in [0.15, 0.2) is 29.2 Å². The highest BCUT2D eigenvalue weighted by Gasteiger charge is 2.32. The summed E-state index contributed by atoms with van der Waals surface area (Å²) in [6, 6.07) is 6.69. The van der Waals surface area contributed by atoms with Crippen molar-refractivity contribution in [2.24, 2.45) is 0 Å². The van der Waals surface area contributed by atoms with Crippen molar-refractivity contribution < 1.29 is 13.2 Å². The van der Waals surface area contributed by atoms with Crippen LogP contribution in [0.4, 0.5) is 0 Å². The summed E-state index contributed by atoms with van der Waals surface area (Å²) in [5.41, 5.74) is 1.50. The van der Waals surface area contributed by atoms with Gasteiger partial charge < -0.3 is 4.74 Å². The lowest BCUT2D eigenvalue weighted by Gasteiger charge is -2.32. The number of benzene rings is 1. The van der Waals surface area contributed by atoms with Crippen LogP contribution in [0.25, 0.3) is 0 Å². The van der Waals surface area contributed by atoms with Crippen LogP contribution in [-0.2, 0) is 10.0 Å². The molecule has 0 bridgehead atoms. The quantitative estimate of drug-likeness (QED) is 0.794. The highest BCUT2D eigenvalue weighted by atomic mass is 35.5. The molecular formula is C18H22ClN3O3S. The standard InChI is InChI=1S/C18H22ClN3O3S/c1-12-6-7-15(19)10-17(12)26(23,24)22-8-4-5-16(11-22)25-18-9-13(2)20-14(3)21-18/h6-7,9-10,16H,4-5,8,11H2,1-3H3. The van der Waals surface area contributed by atoms with Gasteiger partial charge in [0.2, 0.25) is 15.9 Å². The number of aromatic nitrogens is 2. The molecule has 1 aliphatic rings. The predicted octanol–water partition coefficient (Wildman–Crippen LogP) is 3.29. The lowest BCUT2D eigenvalue weighted by molar-refractivity contribution is 0.124. The summed E-state index contributed by atoms with van der Waals surface area (Å²) in [5.74, 6) is 1.12. The molecule has 0 amide bonds. The fraction of sp³-hybridized carbons (Fsp3) is 0.444. The number of piperidine rings is 1. The third kappa shape index (κ3) is 4.16. The first-order valence-corrected chi connectivity index (χ1v) is 10.3. The van der Waals surface area contributed by atoms with E-state index in [1.807, 2.05) is 6.92 Å². The fourth-order valence-electron chi connectivity index (χ4n) is 3.12.